The maximum atomic E-state index is 11.9. The van der Waals surface area contributed by atoms with Crippen LogP contribution in [0.15, 0.2) is 54.0 Å². The monoisotopic (exact) mass is 297 g/mol. The van der Waals surface area contributed by atoms with E-state index in [0.29, 0.717) is 10.8 Å². The molecule has 0 atom stereocenters. The van der Waals surface area contributed by atoms with E-state index in [9.17, 15) is 9.59 Å². The molecule has 104 valence electrons. The summed E-state index contributed by atoms with van der Waals surface area (Å²) < 4.78 is 0. The molecule has 0 saturated heterocycles. The van der Waals surface area contributed by atoms with Crippen LogP contribution in [0.3, 0.4) is 0 Å². The molecule has 0 fully saturated rings. The Morgan fingerprint density at radius 1 is 0.952 bits per heavy atom. The lowest BCUT2D eigenvalue weighted by Gasteiger charge is -2.08. The fourth-order valence-electron chi connectivity index (χ4n) is 1.95. The van der Waals surface area contributed by atoms with E-state index < -0.39 is 11.8 Å². The molecule has 0 aliphatic rings. The van der Waals surface area contributed by atoms with Crippen molar-refractivity contribution in [3.63, 3.8) is 0 Å². The molecule has 21 heavy (non-hydrogen) atoms. The first-order valence-corrected chi connectivity index (χ1v) is 7.11. The largest absolute Gasteiger partial charge is 0.317 e. The van der Waals surface area contributed by atoms with E-state index in [1.807, 2.05) is 36.4 Å². The highest BCUT2D eigenvalue weighted by atomic mass is 32.1. The predicted octanol–water partition coefficient (Wildman–Crippen LogP) is 2.87. The number of anilines is 2. The highest BCUT2D eigenvalue weighted by molar-refractivity contribution is 7.13. The van der Waals surface area contributed by atoms with Crippen LogP contribution in [0.2, 0.25) is 0 Å². The van der Waals surface area contributed by atoms with Gasteiger partial charge in [0, 0.05) is 22.7 Å². The molecule has 0 aliphatic heterocycles. The minimum Gasteiger partial charge on any atom is -0.317 e. The molecule has 6 heteroatoms. The van der Waals surface area contributed by atoms with Crippen LogP contribution in [0.25, 0.3) is 10.8 Å². The molecule has 1 aromatic heterocycles. The second kappa shape index (κ2) is 5.72. The van der Waals surface area contributed by atoms with Crippen molar-refractivity contribution in [3.8, 4) is 0 Å². The van der Waals surface area contributed by atoms with Crippen LogP contribution >= 0.6 is 11.3 Å². The highest BCUT2D eigenvalue weighted by Gasteiger charge is 2.15. The van der Waals surface area contributed by atoms with E-state index in [1.165, 1.54) is 11.3 Å². The van der Waals surface area contributed by atoms with Crippen LogP contribution < -0.4 is 10.6 Å². The van der Waals surface area contributed by atoms with Gasteiger partial charge < -0.3 is 5.32 Å². The molecular weight excluding hydrogens is 286 g/mol. The lowest BCUT2D eigenvalue weighted by molar-refractivity contribution is -0.132. The number of hydrogen-bond donors (Lipinski definition) is 2. The van der Waals surface area contributed by atoms with Gasteiger partial charge >= 0.3 is 11.8 Å². The summed E-state index contributed by atoms with van der Waals surface area (Å²) in [6.45, 7) is 0. The second-order valence-electron chi connectivity index (χ2n) is 4.27. The van der Waals surface area contributed by atoms with E-state index >= 15 is 0 Å². The van der Waals surface area contributed by atoms with E-state index in [1.54, 1.807) is 17.6 Å². The SMILES string of the molecule is O=C(Nc1nccs1)C(=O)Nc1cccc2ccccc12. The Kier molecular flexibility index (Phi) is 3.61. The maximum absolute atomic E-state index is 11.9. The van der Waals surface area contributed by atoms with Gasteiger partial charge in [0.2, 0.25) is 0 Å². The number of hydrogen-bond acceptors (Lipinski definition) is 4. The van der Waals surface area contributed by atoms with E-state index in [0.717, 1.165) is 10.8 Å². The number of nitrogens with zero attached hydrogens (tertiary/aromatic N) is 1. The predicted molar refractivity (Wildman–Crippen MR) is 83.3 cm³/mol. The van der Waals surface area contributed by atoms with Gasteiger partial charge in [0.1, 0.15) is 0 Å². The lowest BCUT2D eigenvalue weighted by atomic mass is 10.1. The minimum atomic E-state index is -0.738. The summed E-state index contributed by atoms with van der Waals surface area (Å²) >= 11 is 1.25. The summed E-state index contributed by atoms with van der Waals surface area (Å²) in [6, 6.07) is 13.2. The van der Waals surface area contributed by atoms with Gasteiger partial charge in [0.15, 0.2) is 5.13 Å². The van der Waals surface area contributed by atoms with Gasteiger partial charge in [-0.2, -0.15) is 0 Å². The Hall–Kier alpha value is -2.73. The van der Waals surface area contributed by atoms with Gasteiger partial charge in [0.25, 0.3) is 0 Å². The fraction of sp³-hybridized carbons (Fsp3) is 0. The normalized spacial score (nSPS) is 10.3. The number of thiazole rings is 1. The number of carbonyl (C=O) groups excluding carboxylic acids is 2. The van der Waals surface area contributed by atoms with Crippen LogP contribution in [-0.4, -0.2) is 16.8 Å². The molecule has 0 saturated carbocycles. The molecule has 3 rings (SSSR count). The number of amides is 2. The van der Waals surface area contributed by atoms with Crippen molar-refractivity contribution >= 4 is 44.7 Å². The summed E-state index contributed by atoms with van der Waals surface area (Å²) in [4.78, 5) is 27.6. The molecule has 2 N–H and O–H groups in total. The highest BCUT2D eigenvalue weighted by Crippen LogP contribution is 2.22. The number of nitrogens with one attached hydrogen (secondary N) is 2. The molecular formula is C15H11N3O2S. The summed E-state index contributed by atoms with van der Waals surface area (Å²) in [6.07, 6.45) is 1.56. The van der Waals surface area contributed by atoms with E-state index in [4.69, 9.17) is 0 Å². The van der Waals surface area contributed by atoms with Gasteiger partial charge in [-0.15, -0.1) is 11.3 Å². The molecule has 2 aromatic carbocycles. The Morgan fingerprint density at radius 2 is 1.71 bits per heavy atom. The van der Waals surface area contributed by atoms with Crippen LogP contribution in [0.1, 0.15) is 0 Å². The third-order valence-electron chi connectivity index (χ3n) is 2.90. The van der Waals surface area contributed by atoms with E-state index in [-0.39, 0.29) is 0 Å². The molecule has 5 nitrogen and oxygen atoms in total. The molecule has 0 aliphatic carbocycles. The van der Waals surface area contributed by atoms with Crippen LogP contribution in [0.4, 0.5) is 10.8 Å². The Morgan fingerprint density at radius 3 is 2.52 bits per heavy atom. The zero-order valence-corrected chi connectivity index (χ0v) is 11.7. The first-order chi connectivity index (χ1) is 10.2. The van der Waals surface area contributed by atoms with Crippen LogP contribution in [0.5, 0.6) is 0 Å². The topological polar surface area (TPSA) is 71.1 Å². The van der Waals surface area contributed by atoms with Crippen LogP contribution in [-0.2, 0) is 9.59 Å². The standard InChI is InChI=1S/C15H11N3O2S/c19-13(14(20)18-15-16-8-9-21-15)17-12-7-3-5-10-4-1-2-6-11(10)12/h1-9H,(H,17,19)(H,16,18,20). The van der Waals surface area contributed by atoms with Crippen molar-refractivity contribution in [3.05, 3.63) is 54.0 Å². The Labute approximate surface area is 124 Å². The fourth-order valence-corrected chi connectivity index (χ4v) is 2.48. The third kappa shape index (κ3) is 2.90. The second-order valence-corrected chi connectivity index (χ2v) is 5.17. The first kappa shape index (κ1) is 13.3. The van der Waals surface area contributed by atoms with E-state index in [2.05, 4.69) is 15.6 Å². The van der Waals surface area contributed by atoms with Crippen molar-refractivity contribution in [2.45, 2.75) is 0 Å². The molecule has 1 heterocycles. The average Bonchev–Trinajstić information content (AvgIpc) is 3.00. The molecule has 0 spiro atoms. The summed E-state index contributed by atoms with van der Waals surface area (Å²) in [5, 5.41) is 9.07. The van der Waals surface area contributed by atoms with Crippen molar-refractivity contribution in [2.75, 3.05) is 10.6 Å². The molecule has 2 amide bonds. The summed E-state index contributed by atoms with van der Waals surface area (Å²) in [5.74, 6) is -1.46. The van der Waals surface area contributed by atoms with Gasteiger partial charge in [0.05, 0.1) is 0 Å². The van der Waals surface area contributed by atoms with Crippen molar-refractivity contribution in [1.29, 1.82) is 0 Å². The number of aromatic nitrogens is 1. The third-order valence-corrected chi connectivity index (χ3v) is 3.59. The quantitative estimate of drug-likeness (QED) is 0.714. The summed E-state index contributed by atoms with van der Waals surface area (Å²) in [7, 11) is 0. The van der Waals surface area contributed by atoms with Gasteiger partial charge in [-0.3, -0.25) is 14.9 Å². The zero-order valence-electron chi connectivity index (χ0n) is 10.9. The molecule has 0 unspecified atom stereocenters. The number of benzene rings is 2. The zero-order chi connectivity index (χ0) is 14.7. The number of rotatable bonds is 2. The first-order valence-electron chi connectivity index (χ1n) is 6.23. The lowest BCUT2D eigenvalue weighted by Crippen LogP contribution is -2.29. The molecule has 0 radical (unpaired) electrons. The maximum Gasteiger partial charge on any atom is 0.315 e. The Bertz CT molecular complexity index is 794. The van der Waals surface area contributed by atoms with Crippen molar-refractivity contribution in [2.24, 2.45) is 0 Å². The summed E-state index contributed by atoms with van der Waals surface area (Å²) in [5.41, 5.74) is 0.604. The number of fused-ring (bicyclic) bond motifs is 1. The molecule has 3 aromatic rings. The van der Waals surface area contributed by atoms with Gasteiger partial charge in [-0.05, 0) is 11.5 Å². The van der Waals surface area contributed by atoms with Crippen molar-refractivity contribution in [1.82, 2.24) is 4.98 Å². The van der Waals surface area contributed by atoms with Gasteiger partial charge in [-0.25, -0.2) is 4.98 Å². The van der Waals surface area contributed by atoms with Gasteiger partial charge in [-0.1, -0.05) is 36.4 Å². The minimum absolute atomic E-state index is 0.396. The van der Waals surface area contributed by atoms with Crippen molar-refractivity contribution < 1.29 is 9.59 Å². The van der Waals surface area contributed by atoms with Crippen LogP contribution in [0, 0.1) is 0 Å². The molecule has 0 bridgehead atoms. The number of carbonyl (C=O) groups is 2. The average molecular weight is 297 g/mol. The Balaban J connectivity index is 1.78. The smallest absolute Gasteiger partial charge is 0.315 e.